The molecular weight excluding hydrogens is 282 g/mol. The molecule has 6 heteroatoms. The van der Waals surface area contributed by atoms with Crippen LogP contribution in [0.15, 0.2) is 29.3 Å². The van der Waals surface area contributed by atoms with Crippen LogP contribution in [0.2, 0.25) is 15.1 Å². The van der Waals surface area contributed by atoms with Gasteiger partial charge in [0.05, 0.1) is 26.3 Å². The molecule has 0 aliphatic heterocycles. The Labute approximate surface area is 112 Å². The van der Waals surface area contributed by atoms with E-state index < -0.39 is 0 Å². The summed E-state index contributed by atoms with van der Waals surface area (Å²) >= 11 is 18.0. The van der Waals surface area contributed by atoms with Crippen molar-refractivity contribution < 1.29 is 0 Å². The Kier molecular flexibility index (Phi) is 3.33. The first kappa shape index (κ1) is 12.3. The van der Waals surface area contributed by atoms with E-state index in [0.717, 1.165) is 0 Å². The van der Waals surface area contributed by atoms with Crippen molar-refractivity contribution in [1.29, 1.82) is 0 Å². The van der Waals surface area contributed by atoms with Crippen LogP contribution in [0.4, 0.5) is 5.69 Å². The quantitative estimate of drug-likeness (QED) is 0.788. The SMILES string of the molecule is Nc1c[nH]cc(-c2c(Cl)ccc(Cl)c2Cl)c1=O. The van der Waals surface area contributed by atoms with Crippen LogP contribution in [0.1, 0.15) is 0 Å². The van der Waals surface area contributed by atoms with E-state index in [1.54, 1.807) is 12.1 Å². The Hall–Kier alpha value is -1.16. The minimum atomic E-state index is -0.338. The molecule has 1 heterocycles. The van der Waals surface area contributed by atoms with Crippen LogP contribution in [0.25, 0.3) is 11.1 Å². The average Bonchev–Trinajstić information content (AvgIpc) is 2.30. The van der Waals surface area contributed by atoms with Crippen LogP contribution in [0.5, 0.6) is 0 Å². The van der Waals surface area contributed by atoms with E-state index >= 15 is 0 Å². The van der Waals surface area contributed by atoms with Crippen molar-refractivity contribution in [2.24, 2.45) is 0 Å². The topological polar surface area (TPSA) is 58.9 Å². The molecule has 0 radical (unpaired) electrons. The summed E-state index contributed by atoms with van der Waals surface area (Å²) in [6.07, 6.45) is 2.89. The van der Waals surface area contributed by atoms with Crippen molar-refractivity contribution in [3.8, 4) is 11.1 Å². The number of hydrogen-bond donors (Lipinski definition) is 2. The molecule has 1 aromatic heterocycles. The summed E-state index contributed by atoms with van der Waals surface area (Å²) in [6.45, 7) is 0. The van der Waals surface area contributed by atoms with Crippen molar-refractivity contribution in [3.05, 3.63) is 49.8 Å². The number of aromatic amines is 1. The van der Waals surface area contributed by atoms with E-state index in [1.807, 2.05) is 0 Å². The summed E-state index contributed by atoms with van der Waals surface area (Å²) in [7, 11) is 0. The Morgan fingerprint density at radius 1 is 1.06 bits per heavy atom. The lowest BCUT2D eigenvalue weighted by molar-refractivity contribution is 1.31. The number of nitrogens with one attached hydrogen (secondary N) is 1. The Bertz CT molecular complexity index is 637. The maximum Gasteiger partial charge on any atom is 0.212 e. The van der Waals surface area contributed by atoms with Crippen LogP contribution in [0, 0.1) is 0 Å². The molecule has 2 rings (SSSR count). The monoisotopic (exact) mass is 288 g/mol. The molecule has 0 atom stereocenters. The summed E-state index contributed by atoms with van der Waals surface area (Å²) in [5.41, 5.74) is 5.97. The highest BCUT2D eigenvalue weighted by Gasteiger charge is 2.15. The van der Waals surface area contributed by atoms with Gasteiger partial charge in [0.1, 0.15) is 0 Å². The zero-order valence-corrected chi connectivity index (χ0v) is 10.7. The van der Waals surface area contributed by atoms with Gasteiger partial charge in [-0.1, -0.05) is 34.8 Å². The summed E-state index contributed by atoms with van der Waals surface area (Å²) in [5, 5.41) is 0.902. The third-order valence-corrected chi connectivity index (χ3v) is 3.41. The third-order valence-electron chi connectivity index (χ3n) is 2.29. The van der Waals surface area contributed by atoms with E-state index in [0.29, 0.717) is 21.2 Å². The van der Waals surface area contributed by atoms with Crippen molar-refractivity contribution in [2.75, 3.05) is 5.73 Å². The van der Waals surface area contributed by atoms with E-state index in [9.17, 15) is 4.79 Å². The number of anilines is 1. The van der Waals surface area contributed by atoms with E-state index in [1.165, 1.54) is 12.4 Å². The van der Waals surface area contributed by atoms with Gasteiger partial charge in [-0.05, 0) is 12.1 Å². The Balaban J connectivity index is 2.82. The highest BCUT2D eigenvalue weighted by atomic mass is 35.5. The minimum absolute atomic E-state index is 0.0922. The minimum Gasteiger partial charge on any atom is -0.394 e. The molecule has 0 saturated carbocycles. The second kappa shape index (κ2) is 4.61. The lowest BCUT2D eigenvalue weighted by Crippen LogP contribution is -2.11. The first-order chi connectivity index (χ1) is 8.02. The molecule has 0 aliphatic rings. The fraction of sp³-hybridized carbons (Fsp3) is 0. The maximum absolute atomic E-state index is 11.9. The maximum atomic E-state index is 11.9. The van der Waals surface area contributed by atoms with E-state index in [4.69, 9.17) is 40.5 Å². The molecule has 0 aliphatic carbocycles. The van der Waals surface area contributed by atoms with Crippen LogP contribution < -0.4 is 11.2 Å². The lowest BCUT2D eigenvalue weighted by atomic mass is 10.1. The van der Waals surface area contributed by atoms with Gasteiger partial charge in [0, 0.05) is 18.0 Å². The van der Waals surface area contributed by atoms with Crippen LogP contribution >= 0.6 is 34.8 Å². The average molecular weight is 290 g/mol. The zero-order chi connectivity index (χ0) is 12.6. The second-order valence-electron chi connectivity index (χ2n) is 3.37. The van der Waals surface area contributed by atoms with Gasteiger partial charge < -0.3 is 10.7 Å². The fourth-order valence-corrected chi connectivity index (χ4v) is 2.19. The zero-order valence-electron chi connectivity index (χ0n) is 8.43. The molecule has 2 aromatic rings. The number of hydrogen-bond acceptors (Lipinski definition) is 2. The van der Waals surface area contributed by atoms with Gasteiger partial charge in [0.25, 0.3) is 0 Å². The molecule has 0 spiro atoms. The van der Waals surface area contributed by atoms with Gasteiger partial charge in [-0.2, -0.15) is 0 Å². The number of nitrogens with two attached hydrogens (primary N) is 1. The van der Waals surface area contributed by atoms with E-state index in [2.05, 4.69) is 4.98 Å². The van der Waals surface area contributed by atoms with Gasteiger partial charge in [0.2, 0.25) is 5.43 Å². The summed E-state index contributed by atoms with van der Waals surface area (Å²) in [5.74, 6) is 0. The molecule has 88 valence electrons. The molecular formula is C11H7Cl3N2O. The molecule has 1 aromatic carbocycles. The predicted octanol–water partition coefficient (Wildman–Crippen LogP) is 3.58. The fourth-order valence-electron chi connectivity index (χ4n) is 1.46. The van der Waals surface area contributed by atoms with Gasteiger partial charge in [-0.15, -0.1) is 0 Å². The third kappa shape index (κ3) is 2.14. The van der Waals surface area contributed by atoms with Gasteiger partial charge >= 0.3 is 0 Å². The smallest absolute Gasteiger partial charge is 0.212 e. The van der Waals surface area contributed by atoms with Crippen molar-refractivity contribution in [3.63, 3.8) is 0 Å². The molecule has 3 N–H and O–H groups in total. The standard InChI is InChI=1S/C11H7Cl3N2O/c12-6-1-2-7(13)10(14)9(6)5-3-16-4-8(15)11(5)17/h1-4H,15H2,(H,16,17). The molecule has 3 nitrogen and oxygen atoms in total. The Morgan fingerprint density at radius 3 is 2.41 bits per heavy atom. The van der Waals surface area contributed by atoms with Crippen molar-refractivity contribution >= 4 is 40.5 Å². The highest BCUT2D eigenvalue weighted by Crippen LogP contribution is 2.37. The normalized spacial score (nSPS) is 10.5. The van der Waals surface area contributed by atoms with Gasteiger partial charge in [-0.25, -0.2) is 0 Å². The molecule has 0 bridgehead atoms. The largest absolute Gasteiger partial charge is 0.394 e. The number of rotatable bonds is 1. The molecule has 17 heavy (non-hydrogen) atoms. The number of nitrogen functional groups attached to an aromatic ring is 1. The lowest BCUT2D eigenvalue weighted by Gasteiger charge is -2.08. The second-order valence-corrected chi connectivity index (χ2v) is 4.56. The van der Waals surface area contributed by atoms with Gasteiger partial charge in [-0.3, -0.25) is 4.79 Å². The first-order valence-electron chi connectivity index (χ1n) is 4.63. The van der Waals surface area contributed by atoms with Gasteiger partial charge in [0.15, 0.2) is 0 Å². The van der Waals surface area contributed by atoms with Crippen LogP contribution in [-0.2, 0) is 0 Å². The molecule has 0 fully saturated rings. The number of benzene rings is 1. The Morgan fingerprint density at radius 2 is 1.71 bits per heavy atom. The molecule has 0 saturated heterocycles. The van der Waals surface area contributed by atoms with E-state index in [-0.39, 0.29) is 16.1 Å². The molecule has 0 amide bonds. The summed E-state index contributed by atoms with van der Waals surface area (Å²) < 4.78 is 0. The van der Waals surface area contributed by atoms with Crippen LogP contribution in [0.3, 0.4) is 0 Å². The van der Waals surface area contributed by atoms with Crippen molar-refractivity contribution in [1.82, 2.24) is 4.98 Å². The first-order valence-corrected chi connectivity index (χ1v) is 5.76. The summed E-state index contributed by atoms with van der Waals surface area (Å²) in [6, 6.07) is 3.14. The highest BCUT2D eigenvalue weighted by molar-refractivity contribution is 6.46. The molecule has 0 unspecified atom stereocenters. The van der Waals surface area contributed by atoms with Crippen molar-refractivity contribution in [2.45, 2.75) is 0 Å². The summed E-state index contributed by atoms with van der Waals surface area (Å²) in [4.78, 5) is 14.6. The predicted molar refractivity (Wildman–Crippen MR) is 71.9 cm³/mol. The number of aromatic nitrogens is 1. The number of pyridine rings is 1. The van der Waals surface area contributed by atoms with Crippen LogP contribution in [-0.4, -0.2) is 4.98 Å². The number of H-pyrrole nitrogens is 1. The number of halogens is 3.